The number of aryl methyl sites for hydroxylation is 2. The molecule has 1 heterocycles. The van der Waals surface area contributed by atoms with Crippen molar-refractivity contribution in [3.05, 3.63) is 98.8 Å². The quantitative estimate of drug-likeness (QED) is 0.224. The molecule has 1 aromatic heterocycles. The Labute approximate surface area is 186 Å². The second kappa shape index (κ2) is 8.64. The van der Waals surface area contributed by atoms with E-state index < -0.39 is 10.7 Å². The molecule has 0 saturated carbocycles. The van der Waals surface area contributed by atoms with E-state index >= 15 is 0 Å². The Bertz CT molecular complexity index is 1370. The lowest BCUT2D eigenvalue weighted by atomic mass is 10.1. The molecule has 0 unspecified atom stereocenters. The molecule has 0 aliphatic carbocycles. The van der Waals surface area contributed by atoms with Gasteiger partial charge in [0.2, 0.25) is 5.13 Å². The lowest BCUT2D eigenvalue weighted by Crippen LogP contribution is -2.26. The van der Waals surface area contributed by atoms with Crippen molar-refractivity contribution in [1.29, 1.82) is 0 Å². The number of anilines is 1. The van der Waals surface area contributed by atoms with Crippen molar-refractivity contribution in [3.8, 4) is 0 Å². The molecular weight excluding hydrogens is 431 g/mol. The first-order valence-corrected chi connectivity index (χ1v) is 10.4. The number of aromatic nitrogens is 1. The van der Waals surface area contributed by atoms with Crippen LogP contribution in [0.1, 0.15) is 27.0 Å². The number of non-ortho nitro benzene ring substituents is 1. The summed E-state index contributed by atoms with van der Waals surface area (Å²) in [6.07, 6.45) is 1.43. The van der Waals surface area contributed by atoms with Gasteiger partial charge in [-0.2, -0.15) is 10.1 Å². The van der Waals surface area contributed by atoms with E-state index in [4.69, 9.17) is 0 Å². The van der Waals surface area contributed by atoms with Gasteiger partial charge < -0.3 is 0 Å². The fraction of sp³-hybridized carbons (Fsp3) is 0.0870. The summed E-state index contributed by atoms with van der Waals surface area (Å²) in [5.41, 5.74) is 3.35. The van der Waals surface area contributed by atoms with E-state index in [1.165, 1.54) is 47.6 Å². The largest absolute Gasteiger partial charge is 0.281 e. The summed E-state index contributed by atoms with van der Waals surface area (Å²) in [4.78, 5) is 28.2. The summed E-state index contributed by atoms with van der Waals surface area (Å²) < 4.78 is 14.2. The van der Waals surface area contributed by atoms with E-state index in [1.807, 2.05) is 26.0 Å². The highest BCUT2D eigenvalue weighted by Crippen LogP contribution is 2.31. The molecule has 3 aromatic carbocycles. The second-order valence-electron chi connectivity index (χ2n) is 7.14. The van der Waals surface area contributed by atoms with Crippen LogP contribution >= 0.6 is 11.3 Å². The first-order chi connectivity index (χ1) is 15.3. The maximum Gasteiger partial charge on any atom is 0.281 e. The highest BCUT2D eigenvalue weighted by molar-refractivity contribution is 7.22. The third kappa shape index (κ3) is 4.37. The van der Waals surface area contributed by atoms with Crippen LogP contribution < -0.4 is 5.01 Å². The van der Waals surface area contributed by atoms with Gasteiger partial charge in [0.1, 0.15) is 5.82 Å². The van der Waals surface area contributed by atoms with Crippen molar-refractivity contribution in [2.45, 2.75) is 13.8 Å². The second-order valence-corrected chi connectivity index (χ2v) is 8.15. The smallest absolute Gasteiger partial charge is 0.267 e. The molecule has 0 N–H and O–H groups in total. The molecule has 9 heteroatoms. The molecule has 0 aliphatic rings. The van der Waals surface area contributed by atoms with Crippen LogP contribution in [0, 0.1) is 29.8 Å². The zero-order valence-electron chi connectivity index (χ0n) is 17.2. The number of amides is 1. The summed E-state index contributed by atoms with van der Waals surface area (Å²) in [7, 11) is 0. The van der Waals surface area contributed by atoms with Gasteiger partial charge in [-0.05, 0) is 61.4 Å². The summed E-state index contributed by atoms with van der Waals surface area (Å²) >= 11 is 1.14. The number of halogens is 1. The first-order valence-electron chi connectivity index (χ1n) is 9.58. The molecule has 1 amide bonds. The van der Waals surface area contributed by atoms with Crippen LogP contribution in [0.15, 0.2) is 65.8 Å². The molecule has 4 aromatic rings. The SMILES string of the molecule is Cc1ccc(C(=O)N(/N=C/c2ccc([N+](=O)[O-])cc2)c2nc3ccc(F)cc3s2)c(C)c1. The molecule has 0 saturated heterocycles. The number of thiazole rings is 1. The van der Waals surface area contributed by atoms with Gasteiger partial charge in [-0.25, -0.2) is 9.37 Å². The Kier molecular flexibility index (Phi) is 5.74. The Morgan fingerprint density at radius 1 is 1.12 bits per heavy atom. The minimum atomic E-state index is -0.489. The topological polar surface area (TPSA) is 88.7 Å². The number of fused-ring (bicyclic) bond motifs is 1. The highest BCUT2D eigenvalue weighted by atomic mass is 32.1. The molecule has 4 rings (SSSR count). The minimum absolute atomic E-state index is 0.0430. The van der Waals surface area contributed by atoms with Crippen LogP contribution in [-0.2, 0) is 0 Å². The van der Waals surface area contributed by atoms with Crippen LogP contribution in [0.2, 0.25) is 0 Å². The third-order valence-corrected chi connectivity index (χ3v) is 5.74. The highest BCUT2D eigenvalue weighted by Gasteiger charge is 2.22. The molecule has 0 bridgehead atoms. The van der Waals surface area contributed by atoms with Gasteiger partial charge in [0.05, 0.1) is 21.4 Å². The van der Waals surface area contributed by atoms with Crippen molar-refractivity contribution in [3.63, 3.8) is 0 Å². The molecule has 160 valence electrons. The van der Waals surface area contributed by atoms with Crippen LogP contribution in [-0.4, -0.2) is 22.0 Å². The summed E-state index contributed by atoms with van der Waals surface area (Å²) in [6.45, 7) is 3.78. The summed E-state index contributed by atoms with van der Waals surface area (Å²) in [6, 6.07) is 15.5. The van der Waals surface area contributed by atoms with Gasteiger partial charge in [-0.1, -0.05) is 29.0 Å². The van der Waals surface area contributed by atoms with Crippen molar-refractivity contribution in [2.75, 3.05) is 5.01 Å². The molecule has 7 nitrogen and oxygen atoms in total. The van der Waals surface area contributed by atoms with E-state index in [-0.39, 0.29) is 16.7 Å². The molecule has 0 spiro atoms. The van der Waals surface area contributed by atoms with E-state index in [2.05, 4.69) is 10.1 Å². The standard InChI is InChI=1S/C23H17FN4O3S/c1-14-3-9-19(15(2)11-14)22(29)27(23-26-20-10-6-17(24)12-21(20)32-23)25-13-16-4-7-18(8-5-16)28(30)31/h3-13H,1-2H3/b25-13+. The average molecular weight is 448 g/mol. The predicted octanol–water partition coefficient (Wildman–Crippen LogP) is 5.64. The Morgan fingerprint density at radius 3 is 2.56 bits per heavy atom. The number of hydrogen-bond acceptors (Lipinski definition) is 6. The van der Waals surface area contributed by atoms with Crippen molar-refractivity contribution < 1.29 is 14.1 Å². The number of carbonyl (C=O) groups excluding carboxylic acids is 1. The van der Waals surface area contributed by atoms with E-state index in [0.29, 0.717) is 21.3 Å². The van der Waals surface area contributed by atoms with Crippen LogP contribution in [0.5, 0.6) is 0 Å². The first kappa shape index (κ1) is 21.3. The van der Waals surface area contributed by atoms with Crippen molar-refractivity contribution >= 4 is 44.5 Å². The van der Waals surface area contributed by atoms with E-state index in [9.17, 15) is 19.3 Å². The predicted molar refractivity (Wildman–Crippen MR) is 123 cm³/mol. The normalized spacial score (nSPS) is 11.2. The Balaban J connectivity index is 1.76. The number of hydrazone groups is 1. The molecular formula is C23H17FN4O3S. The minimum Gasteiger partial charge on any atom is -0.267 e. The van der Waals surface area contributed by atoms with Gasteiger partial charge in [0.15, 0.2) is 0 Å². The van der Waals surface area contributed by atoms with Gasteiger partial charge in [-0.15, -0.1) is 0 Å². The zero-order chi connectivity index (χ0) is 22.8. The molecule has 32 heavy (non-hydrogen) atoms. The van der Waals surface area contributed by atoms with Gasteiger partial charge >= 0.3 is 0 Å². The van der Waals surface area contributed by atoms with Gasteiger partial charge in [0, 0.05) is 17.7 Å². The molecule has 0 radical (unpaired) electrons. The van der Waals surface area contributed by atoms with Gasteiger partial charge in [-0.3, -0.25) is 14.9 Å². The van der Waals surface area contributed by atoms with Crippen LogP contribution in [0.4, 0.5) is 15.2 Å². The number of rotatable bonds is 5. The fourth-order valence-electron chi connectivity index (χ4n) is 3.14. The molecule has 0 fully saturated rings. The van der Waals surface area contributed by atoms with E-state index in [1.54, 1.807) is 12.1 Å². The summed E-state index contributed by atoms with van der Waals surface area (Å²) in [5, 5.41) is 16.7. The maximum atomic E-state index is 13.6. The van der Waals surface area contributed by atoms with Crippen molar-refractivity contribution in [1.82, 2.24) is 4.98 Å². The number of nitrogens with zero attached hydrogens (tertiary/aromatic N) is 4. The van der Waals surface area contributed by atoms with Crippen LogP contribution in [0.3, 0.4) is 0 Å². The monoisotopic (exact) mass is 448 g/mol. The van der Waals surface area contributed by atoms with Gasteiger partial charge in [0.25, 0.3) is 11.6 Å². The van der Waals surface area contributed by atoms with Crippen molar-refractivity contribution in [2.24, 2.45) is 5.10 Å². The third-order valence-electron chi connectivity index (χ3n) is 4.75. The lowest BCUT2D eigenvalue weighted by molar-refractivity contribution is -0.384. The maximum absolute atomic E-state index is 13.6. The number of nitro groups is 1. The number of carbonyl (C=O) groups is 1. The van der Waals surface area contributed by atoms with Crippen LogP contribution in [0.25, 0.3) is 10.2 Å². The Morgan fingerprint density at radius 2 is 1.88 bits per heavy atom. The molecule has 0 aliphatic heterocycles. The zero-order valence-corrected chi connectivity index (χ0v) is 18.0. The lowest BCUT2D eigenvalue weighted by Gasteiger charge is -2.15. The average Bonchev–Trinajstić information content (AvgIpc) is 3.16. The number of hydrogen-bond donors (Lipinski definition) is 0. The Hall–Kier alpha value is -3.98. The molecule has 0 atom stereocenters. The number of nitro benzene ring substituents is 1. The van der Waals surface area contributed by atoms with E-state index in [0.717, 1.165) is 22.5 Å². The fourth-order valence-corrected chi connectivity index (χ4v) is 4.09. The number of benzene rings is 3. The summed E-state index contributed by atoms with van der Waals surface area (Å²) in [5.74, 6) is -0.783.